The van der Waals surface area contributed by atoms with Crippen molar-refractivity contribution in [3.63, 3.8) is 0 Å². The van der Waals surface area contributed by atoms with Crippen LogP contribution in [0.2, 0.25) is 5.02 Å². The van der Waals surface area contributed by atoms with Crippen molar-refractivity contribution in [3.8, 4) is 0 Å². The molecular formula is C17H21ClN4O. The van der Waals surface area contributed by atoms with E-state index >= 15 is 0 Å². The van der Waals surface area contributed by atoms with Gasteiger partial charge in [0.15, 0.2) is 0 Å². The van der Waals surface area contributed by atoms with E-state index in [9.17, 15) is 4.79 Å². The number of benzene rings is 1. The highest BCUT2D eigenvalue weighted by Gasteiger charge is 2.43. The van der Waals surface area contributed by atoms with Gasteiger partial charge in [-0.3, -0.25) is 4.79 Å². The molecule has 1 saturated carbocycles. The van der Waals surface area contributed by atoms with Crippen molar-refractivity contribution in [1.29, 1.82) is 0 Å². The highest BCUT2D eigenvalue weighted by atomic mass is 35.5. The third kappa shape index (κ3) is 3.72. The lowest BCUT2D eigenvalue weighted by Crippen LogP contribution is -2.28. The van der Waals surface area contributed by atoms with Gasteiger partial charge in [-0.15, -0.1) is 10.2 Å². The molecule has 0 spiro atoms. The van der Waals surface area contributed by atoms with Gasteiger partial charge in [0, 0.05) is 29.9 Å². The molecule has 1 N–H and O–H groups in total. The van der Waals surface area contributed by atoms with E-state index in [2.05, 4.69) is 29.4 Å². The number of aromatic nitrogens is 3. The van der Waals surface area contributed by atoms with E-state index in [0.717, 1.165) is 17.3 Å². The second-order valence-corrected chi connectivity index (χ2v) is 6.73. The Labute approximate surface area is 141 Å². The van der Waals surface area contributed by atoms with E-state index in [4.69, 9.17) is 11.6 Å². The van der Waals surface area contributed by atoms with E-state index in [1.807, 2.05) is 28.8 Å². The van der Waals surface area contributed by atoms with Crippen LogP contribution < -0.4 is 5.32 Å². The van der Waals surface area contributed by atoms with E-state index in [1.165, 1.54) is 5.56 Å². The molecule has 23 heavy (non-hydrogen) atoms. The molecule has 0 aliphatic heterocycles. The van der Waals surface area contributed by atoms with Crippen molar-refractivity contribution in [3.05, 3.63) is 47.0 Å². The molecule has 1 aromatic heterocycles. The van der Waals surface area contributed by atoms with Gasteiger partial charge in [0.25, 0.3) is 0 Å². The summed E-state index contributed by atoms with van der Waals surface area (Å²) in [6.45, 7) is 4.77. The highest BCUT2D eigenvalue weighted by molar-refractivity contribution is 6.30. The molecule has 1 amide bonds. The molecule has 1 aliphatic carbocycles. The number of halogens is 1. The second-order valence-electron chi connectivity index (χ2n) is 6.29. The largest absolute Gasteiger partial charge is 0.355 e. The summed E-state index contributed by atoms with van der Waals surface area (Å²) in [5.74, 6) is 1.44. The normalized spacial score (nSPS) is 19.8. The fourth-order valence-corrected chi connectivity index (χ4v) is 2.99. The van der Waals surface area contributed by atoms with E-state index in [1.54, 1.807) is 6.33 Å². The summed E-state index contributed by atoms with van der Waals surface area (Å²) in [4.78, 5) is 12.2. The van der Waals surface area contributed by atoms with Crippen molar-refractivity contribution in [2.24, 2.45) is 5.92 Å². The number of rotatable bonds is 6. The molecule has 0 saturated heterocycles. The smallest absolute Gasteiger partial charge is 0.223 e. The van der Waals surface area contributed by atoms with Crippen LogP contribution in [0.25, 0.3) is 0 Å². The number of carbonyl (C=O) groups is 1. The average Bonchev–Trinajstić information content (AvgIpc) is 3.18. The maximum absolute atomic E-state index is 12.2. The predicted octanol–water partition coefficient (Wildman–Crippen LogP) is 2.97. The molecule has 3 rings (SSSR count). The van der Waals surface area contributed by atoms with Gasteiger partial charge >= 0.3 is 0 Å². The number of carbonyl (C=O) groups excluding carboxylic acids is 1. The standard InChI is InChI=1S/C17H21ClN4O/c1-11(2)22-10-20-21-16(22)7-8-19-17(23)15-9-14(15)12-3-5-13(18)6-4-12/h3-6,10-11,14-15H,7-9H2,1-2H3,(H,19,23)/t14-,15-/m1/s1. The van der Waals surface area contributed by atoms with E-state index < -0.39 is 0 Å². The van der Waals surface area contributed by atoms with Crippen molar-refractivity contribution >= 4 is 17.5 Å². The summed E-state index contributed by atoms with van der Waals surface area (Å²) in [6.07, 6.45) is 3.34. The molecule has 0 bridgehead atoms. The minimum absolute atomic E-state index is 0.0825. The molecule has 1 aromatic carbocycles. The molecule has 1 fully saturated rings. The number of hydrogen-bond acceptors (Lipinski definition) is 3. The Bertz CT molecular complexity index is 680. The summed E-state index contributed by atoms with van der Waals surface area (Å²) in [7, 11) is 0. The molecule has 2 aromatic rings. The first kappa shape index (κ1) is 16.0. The summed E-state index contributed by atoms with van der Waals surface area (Å²) in [6, 6.07) is 8.09. The average molecular weight is 333 g/mol. The summed E-state index contributed by atoms with van der Waals surface area (Å²) in [5, 5.41) is 11.8. The third-order valence-electron chi connectivity index (χ3n) is 4.28. The monoisotopic (exact) mass is 332 g/mol. The molecule has 1 heterocycles. The van der Waals surface area contributed by atoms with Gasteiger partial charge < -0.3 is 9.88 Å². The Hall–Kier alpha value is -1.88. The Morgan fingerprint density at radius 3 is 2.83 bits per heavy atom. The zero-order valence-corrected chi connectivity index (χ0v) is 14.1. The lowest BCUT2D eigenvalue weighted by Gasteiger charge is -2.10. The van der Waals surface area contributed by atoms with Crippen LogP contribution in [0.1, 0.15) is 43.6 Å². The van der Waals surface area contributed by atoms with Gasteiger partial charge in [0.05, 0.1) is 0 Å². The summed E-state index contributed by atoms with van der Waals surface area (Å²) < 4.78 is 2.03. The Balaban J connectivity index is 1.47. The van der Waals surface area contributed by atoms with Crippen LogP contribution in [0, 0.1) is 5.92 Å². The first-order valence-electron chi connectivity index (χ1n) is 7.98. The van der Waals surface area contributed by atoms with Crippen LogP contribution in [-0.2, 0) is 11.2 Å². The van der Waals surface area contributed by atoms with Crippen molar-refractivity contribution in [1.82, 2.24) is 20.1 Å². The zero-order valence-electron chi connectivity index (χ0n) is 13.4. The Morgan fingerprint density at radius 1 is 1.39 bits per heavy atom. The maximum Gasteiger partial charge on any atom is 0.223 e. The predicted molar refractivity (Wildman–Crippen MR) is 89.4 cm³/mol. The van der Waals surface area contributed by atoms with Gasteiger partial charge in [-0.25, -0.2) is 0 Å². The highest BCUT2D eigenvalue weighted by Crippen LogP contribution is 2.47. The second kappa shape index (κ2) is 6.71. The Morgan fingerprint density at radius 2 is 2.13 bits per heavy atom. The van der Waals surface area contributed by atoms with Gasteiger partial charge in [0.2, 0.25) is 5.91 Å². The van der Waals surface area contributed by atoms with Gasteiger partial charge in [-0.2, -0.15) is 0 Å². The van der Waals surface area contributed by atoms with Gasteiger partial charge in [0.1, 0.15) is 12.2 Å². The fourth-order valence-electron chi connectivity index (χ4n) is 2.87. The van der Waals surface area contributed by atoms with Crippen molar-refractivity contribution in [2.75, 3.05) is 6.54 Å². The SMILES string of the molecule is CC(C)n1cnnc1CCNC(=O)[C@@H]1C[C@@H]1c1ccc(Cl)cc1. The number of hydrogen-bond donors (Lipinski definition) is 1. The molecule has 5 nitrogen and oxygen atoms in total. The molecule has 0 unspecified atom stereocenters. The van der Waals surface area contributed by atoms with Crippen LogP contribution in [0.15, 0.2) is 30.6 Å². The number of amides is 1. The number of nitrogens with zero attached hydrogens (tertiary/aromatic N) is 3. The molecule has 122 valence electrons. The van der Waals surface area contributed by atoms with Crippen LogP contribution in [0.3, 0.4) is 0 Å². The minimum Gasteiger partial charge on any atom is -0.355 e. The summed E-state index contributed by atoms with van der Waals surface area (Å²) >= 11 is 5.90. The molecular weight excluding hydrogens is 312 g/mol. The lowest BCUT2D eigenvalue weighted by molar-refractivity contribution is -0.122. The van der Waals surface area contributed by atoms with E-state index in [0.29, 0.717) is 24.9 Å². The molecule has 0 radical (unpaired) electrons. The topological polar surface area (TPSA) is 59.8 Å². The van der Waals surface area contributed by atoms with Crippen LogP contribution in [0.4, 0.5) is 0 Å². The number of nitrogens with one attached hydrogen (secondary N) is 1. The van der Waals surface area contributed by atoms with Crippen LogP contribution in [-0.4, -0.2) is 27.2 Å². The third-order valence-corrected chi connectivity index (χ3v) is 4.53. The summed E-state index contributed by atoms with van der Waals surface area (Å²) in [5.41, 5.74) is 1.19. The van der Waals surface area contributed by atoms with Gasteiger partial charge in [-0.1, -0.05) is 23.7 Å². The first-order valence-corrected chi connectivity index (χ1v) is 8.35. The molecule has 6 heteroatoms. The van der Waals surface area contributed by atoms with Crippen molar-refractivity contribution in [2.45, 2.75) is 38.6 Å². The van der Waals surface area contributed by atoms with Crippen LogP contribution >= 0.6 is 11.6 Å². The lowest BCUT2D eigenvalue weighted by atomic mass is 10.1. The molecule has 2 atom stereocenters. The fraction of sp³-hybridized carbons (Fsp3) is 0.471. The van der Waals surface area contributed by atoms with E-state index in [-0.39, 0.29) is 11.8 Å². The first-order chi connectivity index (χ1) is 11.1. The van der Waals surface area contributed by atoms with Crippen molar-refractivity contribution < 1.29 is 4.79 Å². The van der Waals surface area contributed by atoms with Crippen LogP contribution in [0.5, 0.6) is 0 Å². The minimum atomic E-state index is 0.0825. The quantitative estimate of drug-likeness (QED) is 0.884. The Kier molecular flexibility index (Phi) is 4.66. The molecule has 1 aliphatic rings. The maximum atomic E-state index is 12.2. The van der Waals surface area contributed by atoms with Gasteiger partial charge in [-0.05, 0) is 43.9 Å². The zero-order chi connectivity index (χ0) is 16.4.